The number of rotatable bonds is 7. The predicted octanol–water partition coefficient (Wildman–Crippen LogP) is 2.25. The molecule has 0 spiro atoms. The maximum atomic E-state index is 5.67. The van der Waals surface area contributed by atoms with Crippen LogP contribution in [0.1, 0.15) is 11.3 Å². The summed E-state index contributed by atoms with van der Waals surface area (Å²) in [7, 11) is 1.68. The average Bonchev–Trinajstić information content (AvgIpc) is 2.92. The summed E-state index contributed by atoms with van der Waals surface area (Å²) >= 11 is 0. The first-order chi connectivity index (χ1) is 9.31. The van der Waals surface area contributed by atoms with Crippen LogP contribution in [0.25, 0.3) is 0 Å². The second kappa shape index (κ2) is 6.97. The lowest BCUT2D eigenvalue weighted by Gasteiger charge is -2.20. The Morgan fingerprint density at radius 3 is 2.79 bits per heavy atom. The molecule has 102 valence electrons. The minimum absolute atomic E-state index is 0.630. The van der Waals surface area contributed by atoms with Gasteiger partial charge in [-0.25, -0.2) is 0 Å². The van der Waals surface area contributed by atoms with E-state index in [1.165, 1.54) is 5.56 Å². The van der Waals surface area contributed by atoms with Crippen LogP contribution in [0, 0.1) is 0 Å². The predicted molar refractivity (Wildman–Crippen MR) is 74.9 cm³/mol. The summed E-state index contributed by atoms with van der Waals surface area (Å²) in [4.78, 5) is 2.26. The third-order valence-corrected chi connectivity index (χ3v) is 2.95. The Labute approximate surface area is 113 Å². The number of furan rings is 1. The van der Waals surface area contributed by atoms with Gasteiger partial charge in [-0.2, -0.15) is 0 Å². The zero-order valence-electron chi connectivity index (χ0n) is 11.2. The number of nitrogens with zero attached hydrogens (tertiary/aromatic N) is 1. The monoisotopic (exact) mass is 260 g/mol. The van der Waals surface area contributed by atoms with Gasteiger partial charge in [0, 0.05) is 19.6 Å². The fourth-order valence-electron chi connectivity index (χ4n) is 2.05. The van der Waals surface area contributed by atoms with Crippen molar-refractivity contribution in [3.05, 3.63) is 54.0 Å². The summed E-state index contributed by atoms with van der Waals surface area (Å²) in [5.41, 5.74) is 6.88. The van der Waals surface area contributed by atoms with Crippen LogP contribution in [0.5, 0.6) is 5.75 Å². The Hall–Kier alpha value is -1.78. The summed E-state index contributed by atoms with van der Waals surface area (Å²) in [6.45, 7) is 3.05. The molecule has 2 N–H and O–H groups in total. The molecule has 4 nitrogen and oxygen atoms in total. The minimum Gasteiger partial charge on any atom is -0.497 e. The van der Waals surface area contributed by atoms with Crippen molar-refractivity contribution in [2.45, 2.75) is 13.1 Å². The van der Waals surface area contributed by atoms with Crippen molar-refractivity contribution in [3.8, 4) is 5.75 Å². The van der Waals surface area contributed by atoms with E-state index in [-0.39, 0.29) is 0 Å². The van der Waals surface area contributed by atoms with Gasteiger partial charge in [-0.15, -0.1) is 0 Å². The highest BCUT2D eigenvalue weighted by Crippen LogP contribution is 2.15. The molecule has 0 atom stereocenters. The maximum absolute atomic E-state index is 5.67. The van der Waals surface area contributed by atoms with Gasteiger partial charge >= 0.3 is 0 Å². The minimum atomic E-state index is 0.630. The fourth-order valence-corrected chi connectivity index (χ4v) is 2.05. The smallest absolute Gasteiger partial charge is 0.119 e. The molecule has 1 aromatic carbocycles. The van der Waals surface area contributed by atoms with E-state index in [1.54, 1.807) is 13.4 Å². The molecule has 0 saturated carbocycles. The largest absolute Gasteiger partial charge is 0.497 e. The number of hydrogen-bond acceptors (Lipinski definition) is 4. The van der Waals surface area contributed by atoms with Crippen LogP contribution in [-0.2, 0) is 13.1 Å². The molecule has 2 rings (SSSR count). The molecule has 19 heavy (non-hydrogen) atoms. The summed E-state index contributed by atoms with van der Waals surface area (Å²) in [6, 6.07) is 12.0. The molecule has 0 radical (unpaired) electrons. The van der Waals surface area contributed by atoms with Gasteiger partial charge in [0.1, 0.15) is 11.5 Å². The molecule has 0 aliphatic heterocycles. The second-order valence-electron chi connectivity index (χ2n) is 4.43. The first-order valence-electron chi connectivity index (χ1n) is 6.39. The second-order valence-corrected chi connectivity index (χ2v) is 4.43. The molecular weight excluding hydrogens is 240 g/mol. The van der Waals surface area contributed by atoms with Crippen LogP contribution in [0.3, 0.4) is 0 Å². The van der Waals surface area contributed by atoms with E-state index < -0.39 is 0 Å². The molecule has 4 heteroatoms. The Morgan fingerprint density at radius 1 is 1.21 bits per heavy atom. The van der Waals surface area contributed by atoms with Gasteiger partial charge < -0.3 is 14.9 Å². The topological polar surface area (TPSA) is 51.6 Å². The summed E-state index contributed by atoms with van der Waals surface area (Å²) < 4.78 is 10.6. The zero-order chi connectivity index (χ0) is 13.5. The number of methoxy groups -OCH3 is 1. The van der Waals surface area contributed by atoms with E-state index in [0.29, 0.717) is 6.54 Å². The Morgan fingerprint density at radius 2 is 2.11 bits per heavy atom. The van der Waals surface area contributed by atoms with Crippen molar-refractivity contribution in [3.63, 3.8) is 0 Å². The zero-order valence-corrected chi connectivity index (χ0v) is 11.2. The van der Waals surface area contributed by atoms with Gasteiger partial charge in [-0.05, 0) is 29.8 Å². The molecule has 0 fully saturated rings. The van der Waals surface area contributed by atoms with E-state index >= 15 is 0 Å². The lowest BCUT2D eigenvalue weighted by atomic mass is 10.2. The fraction of sp³-hybridized carbons (Fsp3) is 0.333. The molecule has 0 aliphatic rings. The van der Waals surface area contributed by atoms with Gasteiger partial charge in [0.15, 0.2) is 0 Å². The van der Waals surface area contributed by atoms with Crippen LogP contribution in [0.2, 0.25) is 0 Å². The summed E-state index contributed by atoms with van der Waals surface area (Å²) in [5.74, 6) is 1.83. The van der Waals surface area contributed by atoms with Crippen molar-refractivity contribution in [1.29, 1.82) is 0 Å². The molecule has 0 saturated heterocycles. The highest BCUT2D eigenvalue weighted by molar-refractivity contribution is 5.28. The van der Waals surface area contributed by atoms with Crippen molar-refractivity contribution in [2.24, 2.45) is 5.73 Å². The van der Waals surface area contributed by atoms with Crippen LogP contribution in [-0.4, -0.2) is 25.1 Å². The molecule has 0 bridgehead atoms. The van der Waals surface area contributed by atoms with Crippen molar-refractivity contribution < 1.29 is 9.15 Å². The standard InChI is InChI=1S/C15H20N2O2/c1-18-14-5-2-4-13(10-14)11-17(8-7-16)12-15-6-3-9-19-15/h2-6,9-10H,7-8,11-12,16H2,1H3. The van der Waals surface area contributed by atoms with Crippen molar-refractivity contribution in [1.82, 2.24) is 4.90 Å². The Balaban J connectivity index is 2.02. The average molecular weight is 260 g/mol. The van der Waals surface area contributed by atoms with Gasteiger partial charge in [0.25, 0.3) is 0 Å². The van der Waals surface area contributed by atoms with Gasteiger partial charge in [-0.1, -0.05) is 12.1 Å². The third kappa shape index (κ3) is 4.12. The van der Waals surface area contributed by atoms with Crippen LogP contribution < -0.4 is 10.5 Å². The van der Waals surface area contributed by atoms with Crippen LogP contribution in [0.4, 0.5) is 0 Å². The third-order valence-electron chi connectivity index (χ3n) is 2.95. The molecule has 0 unspecified atom stereocenters. The van der Waals surface area contributed by atoms with Gasteiger partial charge in [-0.3, -0.25) is 4.90 Å². The quantitative estimate of drug-likeness (QED) is 0.829. The van der Waals surface area contributed by atoms with E-state index in [4.69, 9.17) is 14.9 Å². The lowest BCUT2D eigenvalue weighted by Crippen LogP contribution is -2.28. The maximum Gasteiger partial charge on any atom is 0.119 e. The number of ether oxygens (including phenoxy) is 1. The number of hydrogen-bond donors (Lipinski definition) is 1. The summed E-state index contributed by atoms with van der Waals surface area (Å²) in [6.07, 6.45) is 1.70. The number of nitrogens with two attached hydrogens (primary N) is 1. The first kappa shape index (κ1) is 13.6. The van der Waals surface area contributed by atoms with Crippen molar-refractivity contribution >= 4 is 0 Å². The number of benzene rings is 1. The van der Waals surface area contributed by atoms with Gasteiger partial charge in [0.05, 0.1) is 19.9 Å². The van der Waals surface area contributed by atoms with Crippen LogP contribution in [0.15, 0.2) is 47.1 Å². The highest BCUT2D eigenvalue weighted by Gasteiger charge is 2.08. The first-order valence-corrected chi connectivity index (χ1v) is 6.39. The Bertz CT molecular complexity index is 483. The molecule has 1 aromatic heterocycles. The van der Waals surface area contributed by atoms with E-state index in [9.17, 15) is 0 Å². The van der Waals surface area contributed by atoms with E-state index in [1.807, 2.05) is 30.3 Å². The SMILES string of the molecule is COc1cccc(CN(CCN)Cc2ccco2)c1. The molecule has 0 amide bonds. The highest BCUT2D eigenvalue weighted by atomic mass is 16.5. The van der Waals surface area contributed by atoms with Gasteiger partial charge in [0.2, 0.25) is 0 Å². The van der Waals surface area contributed by atoms with Crippen molar-refractivity contribution in [2.75, 3.05) is 20.2 Å². The molecular formula is C15H20N2O2. The van der Waals surface area contributed by atoms with Crippen LogP contribution >= 0.6 is 0 Å². The molecule has 0 aliphatic carbocycles. The Kier molecular flexibility index (Phi) is 5.01. The molecule has 1 heterocycles. The lowest BCUT2D eigenvalue weighted by molar-refractivity contribution is 0.241. The summed E-state index contributed by atoms with van der Waals surface area (Å²) in [5, 5.41) is 0. The molecule has 2 aromatic rings. The van der Waals surface area contributed by atoms with E-state index in [2.05, 4.69) is 11.0 Å². The van der Waals surface area contributed by atoms with E-state index in [0.717, 1.165) is 31.1 Å². The normalized spacial score (nSPS) is 10.9.